The van der Waals surface area contributed by atoms with Crippen molar-refractivity contribution in [1.82, 2.24) is 15.2 Å². The van der Waals surface area contributed by atoms with E-state index >= 15 is 0 Å². The summed E-state index contributed by atoms with van der Waals surface area (Å²) in [6, 6.07) is 15.9. The molecule has 1 aliphatic heterocycles. The van der Waals surface area contributed by atoms with Gasteiger partial charge in [0.05, 0.1) is 29.6 Å². The van der Waals surface area contributed by atoms with Crippen molar-refractivity contribution in [1.29, 1.82) is 0 Å². The lowest BCUT2D eigenvalue weighted by Crippen LogP contribution is -2.23. The number of nitrogens with zero attached hydrogens (tertiary/aromatic N) is 4. The van der Waals surface area contributed by atoms with Crippen molar-refractivity contribution in [3.8, 4) is 5.69 Å². The fourth-order valence-electron chi connectivity index (χ4n) is 3.66. The molecular formula is C23H24FN5O. The second-order valence-electron chi connectivity index (χ2n) is 7.36. The van der Waals surface area contributed by atoms with Gasteiger partial charge in [-0.3, -0.25) is 4.79 Å². The van der Waals surface area contributed by atoms with E-state index in [1.165, 1.54) is 12.1 Å². The fraction of sp³-hybridized carbons (Fsp3) is 0.261. The summed E-state index contributed by atoms with van der Waals surface area (Å²) in [5.41, 5.74) is 6.03. The first-order valence-corrected chi connectivity index (χ1v) is 10.1. The number of benzene rings is 2. The minimum Gasteiger partial charge on any atom is -0.356 e. The monoisotopic (exact) mass is 405 g/mol. The number of aryl methyl sites for hydroxylation is 1. The van der Waals surface area contributed by atoms with E-state index in [4.69, 9.17) is 5.10 Å². The summed E-state index contributed by atoms with van der Waals surface area (Å²) in [5, 5.41) is 8.91. The first-order chi connectivity index (χ1) is 14.6. The number of hydrazone groups is 1. The second kappa shape index (κ2) is 8.90. The van der Waals surface area contributed by atoms with Crippen LogP contribution in [0.3, 0.4) is 0 Å². The summed E-state index contributed by atoms with van der Waals surface area (Å²) in [6.07, 6.45) is 4.09. The summed E-state index contributed by atoms with van der Waals surface area (Å²) in [7, 11) is 0. The van der Waals surface area contributed by atoms with Gasteiger partial charge in [0.25, 0.3) is 0 Å². The molecule has 7 heteroatoms. The molecule has 0 aliphatic carbocycles. The van der Waals surface area contributed by atoms with E-state index in [9.17, 15) is 9.18 Å². The highest BCUT2D eigenvalue weighted by Gasteiger charge is 2.23. The highest BCUT2D eigenvalue weighted by molar-refractivity contribution is 5.90. The molecule has 0 unspecified atom stereocenters. The average Bonchev–Trinajstić information content (AvgIpc) is 3.39. The second-order valence-corrected chi connectivity index (χ2v) is 7.36. The van der Waals surface area contributed by atoms with Crippen LogP contribution in [0.2, 0.25) is 0 Å². The summed E-state index contributed by atoms with van der Waals surface area (Å²) < 4.78 is 15.0. The zero-order valence-electron chi connectivity index (χ0n) is 16.9. The standard InChI is InChI=1S/C23H24FN5O/c1-17-21(16-25-26-22(30)15-18-9-11-19(24)12-10-18)23(28-13-5-6-14-28)29(27-17)20-7-3-2-4-8-20/h2-4,7-12,16H,5-6,13-15H2,1H3,(H,26,30)/b25-16-. The molecule has 0 saturated carbocycles. The molecule has 0 radical (unpaired) electrons. The Morgan fingerprint density at radius 1 is 1.13 bits per heavy atom. The van der Waals surface area contributed by atoms with E-state index in [1.54, 1.807) is 18.3 Å². The molecule has 1 saturated heterocycles. The Morgan fingerprint density at radius 2 is 1.83 bits per heavy atom. The van der Waals surface area contributed by atoms with Crippen LogP contribution in [0.15, 0.2) is 59.7 Å². The predicted octanol–water partition coefficient (Wildman–Crippen LogP) is 3.61. The Bertz CT molecular complexity index is 1040. The molecule has 1 fully saturated rings. The lowest BCUT2D eigenvalue weighted by Gasteiger charge is -2.20. The van der Waals surface area contributed by atoms with Crippen LogP contribution >= 0.6 is 0 Å². The number of aromatic nitrogens is 2. The van der Waals surface area contributed by atoms with E-state index in [-0.39, 0.29) is 18.1 Å². The molecular weight excluding hydrogens is 381 g/mol. The van der Waals surface area contributed by atoms with Gasteiger partial charge in [-0.15, -0.1) is 0 Å². The van der Waals surface area contributed by atoms with E-state index in [0.717, 1.165) is 54.3 Å². The van der Waals surface area contributed by atoms with Gasteiger partial charge in [0.15, 0.2) is 0 Å². The quantitative estimate of drug-likeness (QED) is 0.503. The van der Waals surface area contributed by atoms with E-state index in [0.29, 0.717) is 0 Å². The van der Waals surface area contributed by atoms with Crippen molar-refractivity contribution in [2.75, 3.05) is 18.0 Å². The lowest BCUT2D eigenvalue weighted by molar-refractivity contribution is -0.120. The Kier molecular flexibility index (Phi) is 5.88. The Morgan fingerprint density at radius 3 is 2.53 bits per heavy atom. The van der Waals surface area contributed by atoms with Gasteiger partial charge in [-0.25, -0.2) is 14.5 Å². The van der Waals surface area contributed by atoms with Crippen LogP contribution in [0.1, 0.15) is 29.7 Å². The highest BCUT2D eigenvalue weighted by atomic mass is 19.1. The van der Waals surface area contributed by atoms with Crippen LogP contribution in [0.5, 0.6) is 0 Å². The normalized spacial score (nSPS) is 13.9. The molecule has 0 atom stereocenters. The Balaban J connectivity index is 1.55. The van der Waals surface area contributed by atoms with Crippen molar-refractivity contribution in [2.24, 2.45) is 5.10 Å². The van der Waals surface area contributed by atoms with Gasteiger partial charge >= 0.3 is 0 Å². The molecule has 0 spiro atoms. The van der Waals surface area contributed by atoms with Crippen LogP contribution in [0, 0.1) is 12.7 Å². The molecule has 6 nitrogen and oxygen atoms in total. The number of anilines is 1. The molecule has 1 amide bonds. The molecule has 4 rings (SSSR count). The molecule has 2 aromatic carbocycles. The van der Waals surface area contributed by atoms with Gasteiger partial charge in [-0.1, -0.05) is 30.3 Å². The molecule has 1 aromatic heterocycles. The zero-order chi connectivity index (χ0) is 20.9. The predicted molar refractivity (Wildman–Crippen MR) is 116 cm³/mol. The van der Waals surface area contributed by atoms with E-state index in [1.807, 2.05) is 41.9 Å². The van der Waals surface area contributed by atoms with Crippen LogP contribution in [0.25, 0.3) is 5.69 Å². The van der Waals surface area contributed by atoms with Gasteiger partial charge in [0.2, 0.25) is 5.91 Å². The maximum atomic E-state index is 13.0. The largest absolute Gasteiger partial charge is 0.356 e. The third-order valence-electron chi connectivity index (χ3n) is 5.15. The van der Waals surface area contributed by atoms with Gasteiger partial charge < -0.3 is 4.90 Å². The minimum atomic E-state index is -0.322. The fourth-order valence-corrected chi connectivity index (χ4v) is 3.66. The number of hydrogen-bond donors (Lipinski definition) is 1. The molecule has 0 bridgehead atoms. The first-order valence-electron chi connectivity index (χ1n) is 10.1. The molecule has 3 aromatic rings. The van der Waals surface area contributed by atoms with E-state index in [2.05, 4.69) is 15.4 Å². The number of halogens is 1. The number of para-hydroxylation sites is 1. The van der Waals surface area contributed by atoms with Gasteiger partial charge in [0.1, 0.15) is 11.6 Å². The summed E-state index contributed by atoms with van der Waals surface area (Å²) in [5.74, 6) is 0.416. The topological polar surface area (TPSA) is 62.5 Å². The Hall–Kier alpha value is -3.48. The first kappa shape index (κ1) is 19.8. The van der Waals surface area contributed by atoms with Crippen molar-refractivity contribution < 1.29 is 9.18 Å². The zero-order valence-corrected chi connectivity index (χ0v) is 16.9. The van der Waals surface area contributed by atoms with Crippen molar-refractivity contribution >= 4 is 17.9 Å². The summed E-state index contributed by atoms with van der Waals surface area (Å²) >= 11 is 0. The van der Waals surface area contributed by atoms with Crippen molar-refractivity contribution in [2.45, 2.75) is 26.2 Å². The smallest absolute Gasteiger partial charge is 0.244 e. The van der Waals surface area contributed by atoms with Gasteiger partial charge in [-0.05, 0) is 49.6 Å². The number of hydrogen-bond acceptors (Lipinski definition) is 4. The number of nitrogens with one attached hydrogen (secondary N) is 1. The van der Waals surface area contributed by atoms with Crippen LogP contribution in [-0.2, 0) is 11.2 Å². The summed E-state index contributed by atoms with van der Waals surface area (Å²) in [4.78, 5) is 14.5. The number of rotatable bonds is 6. The van der Waals surface area contributed by atoms with Gasteiger partial charge in [0, 0.05) is 13.1 Å². The maximum Gasteiger partial charge on any atom is 0.244 e. The summed E-state index contributed by atoms with van der Waals surface area (Å²) in [6.45, 7) is 3.88. The number of carbonyl (C=O) groups is 1. The third-order valence-corrected chi connectivity index (χ3v) is 5.15. The lowest BCUT2D eigenvalue weighted by atomic mass is 10.1. The molecule has 1 aliphatic rings. The maximum absolute atomic E-state index is 13.0. The molecule has 154 valence electrons. The number of carbonyl (C=O) groups excluding carboxylic acids is 1. The molecule has 30 heavy (non-hydrogen) atoms. The highest BCUT2D eigenvalue weighted by Crippen LogP contribution is 2.28. The number of amides is 1. The van der Waals surface area contributed by atoms with Crippen molar-refractivity contribution in [3.63, 3.8) is 0 Å². The molecule has 2 heterocycles. The van der Waals surface area contributed by atoms with Crippen LogP contribution in [0.4, 0.5) is 10.2 Å². The Labute approximate surface area is 175 Å². The van der Waals surface area contributed by atoms with Crippen molar-refractivity contribution in [3.05, 3.63) is 77.2 Å². The SMILES string of the molecule is Cc1nn(-c2ccccc2)c(N2CCCC2)c1/C=N\NC(=O)Cc1ccc(F)cc1. The van der Waals surface area contributed by atoms with Gasteiger partial charge in [-0.2, -0.15) is 10.2 Å². The van der Waals surface area contributed by atoms with Crippen LogP contribution in [-0.4, -0.2) is 35.0 Å². The van der Waals surface area contributed by atoms with E-state index < -0.39 is 0 Å². The molecule has 1 N–H and O–H groups in total. The van der Waals surface area contributed by atoms with Crippen LogP contribution < -0.4 is 10.3 Å². The third kappa shape index (κ3) is 4.40. The average molecular weight is 405 g/mol. The minimum absolute atomic E-state index is 0.138.